The maximum Gasteiger partial charge on any atom is 0.106 e. The zero-order valence-electron chi connectivity index (χ0n) is 3.65. The van der Waals surface area contributed by atoms with Crippen LogP contribution in [0.15, 0.2) is 12.2 Å². The molecule has 0 heterocycles. The highest BCUT2D eigenvalue weighted by atomic mass is 19.3. The van der Waals surface area contributed by atoms with Gasteiger partial charge in [-0.3, -0.25) is 0 Å². The lowest BCUT2D eigenvalue weighted by molar-refractivity contribution is -0.117. The van der Waals surface area contributed by atoms with E-state index in [1.54, 1.807) is 19.1 Å². The van der Waals surface area contributed by atoms with Gasteiger partial charge in [0.25, 0.3) is 0 Å². The summed E-state index contributed by atoms with van der Waals surface area (Å²) in [6, 6.07) is 0. The van der Waals surface area contributed by atoms with Gasteiger partial charge in [-0.25, -0.2) is 0 Å². The maximum absolute atomic E-state index is 10.6. The Labute approximate surface area is 36.3 Å². The van der Waals surface area contributed by atoms with Gasteiger partial charge in [0.2, 0.25) is 0 Å². The van der Waals surface area contributed by atoms with E-state index in [9.17, 15) is 4.53 Å². The van der Waals surface area contributed by atoms with Crippen LogP contribution < -0.4 is 0 Å². The lowest BCUT2D eigenvalue weighted by atomic mass is 10.6. The average Bonchev–Trinajstić information content (AvgIpc) is 1.61. The lowest BCUT2D eigenvalue weighted by Gasteiger charge is -1.75. The Morgan fingerprint density at radius 1 is 1.83 bits per heavy atom. The van der Waals surface area contributed by atoms with Crippen LogP contribution in [-0.4, -0.2) is 6.61 Å². The summed E-state index contributed by atoms with van der Waals surface area (Å²) in [5.74, 6) is 0. The average molecular weight is 90.1 g/mol. The SMILES string of the molecule is C/C=C/COF. The van der Waals surface area contributed by atoms with Gasteiger partial charge in [-0.05, 0) is 11.4 Å². The van der Waals surface area contributed by atoms with Gasteiger partial charge < -0.3 is 0 Å². The van der Waals surface area contributed by atoms with Crippen molar-refractivity contribution in [3.05, 3.63) is 12.2 Å². The second kappa shape index (κ2) is 4.63. The quantitative estimate of drug-likeness (QED) is 0.466. The molecule has 0 spiro atoms. The first-order valence-electron chi connectivity index (χ1n) is 1.76. The minimum absolute atomic E-state index is 0.0660. The van der Waals surface area contributed by atoms with Crippen molar-refractivity contribution in [1.82, 2.24) is 0 Å². The molecule has 0 aliphatic rings. The predicted octanol–water partition coefficient (Wildman–Crippen LogP) is 1.46. The molecule has 0 aromatic heterocycles. The minimum atomic E-state index is 0.0660. The third kappa shape index (κ3) is 3.63. The van der Waals surface area contributed by atoms with Crippen LogP contribution in [0, 0.1) is 0 Å². The first-order valence-corrected chi connectivity index (χ1v) is 1.76. The lowest BCUT2D eigenvalue weighted by Crippen LogP contribution is -1.72. The normalized spacial score (nSPS) is 10.3. The Morgan fingerprint density at radius 2 is 2.50 bits per heavy atom. The van der Waals surface area contributed by atoms with Crippen molar-refractivity contribution >= 4 is 0 Å². The number of hydrogen-bond acceptors (Lipinski definition) is 1. The number of hydrogen-bond donors (Lipinski definition) is 0. The number of allylic oxidation sites excluding steroid dienone is 1. The Bertz CT molecular complexity index is 42.8. The van der Waals surface area contributed by atoms with Gasteiger partial charge in [-0.2, -0.15) is 4.94 Å². The summed E-state index contributed by atoms with van der Waals surface area (Å²) in [6.45, 7) is 1.87. The van der Waals surface area contributed by atoms with Crippen molar-refractivity contribution < 1.29 is 9.47 Å². The second-order valence-electron chi connectivity index (χ2n) is 0.845. The molecule has 0 N–H and O–H groups in total. The standard InChI is InChI=1S/C4H7FO/c1-2-3-4-6-5/h2-3H,4H2,1H3/b3-2+. The van der Waals surface area contributed by atoms with Crippen LogP contribution in [0.5, 0.6) is 0 Å². The van der Waals surface area contributed by atoms with E-state index in [0.29, 0.717) is 0 Å². The van der Waals surface area contributed by atoms with Crippen LogP contribution in [0.4, 0.5) is 4.53 Å². The molecule has 0 fully saturated rings. The van der Waals surface area contributed by atoms with Crippen molar-refractivity contribution in [2.45, 2.75) is 6.92 Å². The Kier molecular flexibility index (Phi) is 4.34. The highest BCUT2D eigenvalue weighted by Gasteiger charge is 1.67. The zero-order chi connectivity index (χ0) is 4.83. The monoisotopic (exact) mass is 90.0 g/mol. The molecule has 0 amide bonds. The molecule has 0 bridgehead atoms. The molecule has 0 unspecified atom stereocenters. The summed E-state index contributed by atoms with van der Waals surface area (Å²) in [6.07, 6.45) is 3.31. The predicted molar refractivity (Wildman–Crippen MR) is 21.9 cm³/mol. The minimum Gasteiger partial charge on any atom is -0.190 e. The fourth-order valence-electron chi connectivity index (χ4n) is 0.133. The van der Waals surface area contributed by atoms with Crippen molar-refractivity contribution in [3.8, 4) is 0 Å². The van der Waals surface area contributed by atoms with E-state index >= 15 is 0 Å². The van der Waals surface area contributed by atoms with Gasteiger partial charge in [0.05, 0.1) is 0 Å². The van der Waals surface area contributed by atoms with Crippen LogP contribution in [0.2, 0.25) is 0 Å². The summed E-state index contributed by atoms with van der Waals surface area (Å²) in [4.78, 5) is 3.20. The topological polar surface area (TPSA) is 9.23 Å². The second-order valence-corrected chi connectivity index (χ2v) is 0.845. The van der Waals surface area contributed by atoms with E-state index in [-0.39, 0.29) is 6.61 Å². The number of rotatable bonds is 2. The molecule has 1 nitrogen and oxygen atoms in total. The van der Waals surface area contributed by atoms with E-state index in [2.05, 4.69) is 4.94 Å². The first kappa shape index (κ1) is 5.63. The van der Waals surface area contributed by atoms with Crippen LogP contribution in [-0.2, 0) is 4.94 Å². The van der Waals surface area contributed by atoms with E-state index in [1.807, 2.05) is 0 Å². The van der Waals surface area contributed by atoms with Crippen molar-refractivity contribution in [2.24, 2.45) is 0 Å². The molecule has 6 heavy (non-hydrogen) atoms. The molecule has 0 aliphatic heterocycles. The van der Waals surface area contributed by atoms with Gasteiger partial charge in [0.15, 0.2) is 0 Å². The highest BCUT2D eigenvalue weighted by molar-refractivity contribution is 4.74. The summed E-state index contributed by atoms with van der Waals surface area (Å²) < 4.78 is 10.6. The molecular formula is C4H7FO. The van der Waals surface area contributed by atoms with Crippen LogP contribution >= 0.6 is 0 Å². The Hall–Kier alpha value is -0.370. The molecule has 36 valence electrons. The molecule has 0 aromatic carbocycles. The molecular weight excluding hydrogens is 83.0 g/mol. The van der Waals surface area contributed by atoms with Crippen molar-refractivity contribution in [3.63, 3.8) is 0 Å². The van der Waals surface area contributed by atoms with Crippen LogP contribution in [0.25, 0.3) is 0 Å². The van der Waals surface area contributed by atoms with Gasteiger partial charge in [-0.15, -0.1) is 0 Å². The highest BCUT2D eigenvalue weighted by Crippen LogP contribution is 1.73. The molecule has 0 radical (unpaired) electrons. The van der Waals surface area contributed by atoms with Gasteiger partial charge >= 0.3 is 0 Å². The third-order valence-corrected chi connectivity index (χ3v) is 0.395. The van der Waals surface area contributed by atoms with E-state index in [4.69, 9.17) is 0 Å². The molecule has 0 saturated carbocycles. The molecule has 0 aromatic rings. The smallest absolute Gasteiger partial charge is 0.106 e. The van der Waals surface area contributed by atoms with Crippen LogP contribution in [0.3, 0.4) is 0 Å². The molecule has 0 aliphatic carbocycles. The van der Waals surface area contributed by atoms with E-state index in [0.717, 1.165) is 0 Å². The summed E-state index contributed by atoms with van der Waals surface area (Å²) in [5.41, 5.74) is 0. The van der Waals surface area contributed by atoms with Crippen LogP contribution in [0.1, 0.15) is 6.92 Å². The fourth-order valence-corrected chi connectivity index (χ4v) is 0.133. The Balaban J connectivity index is 2.66. The van der Waals surface area contributed by atoms with Gasteiger partial charge in [-0.1, -0.05) is 12.2 Å². The Morgan fingerprint density at radius 3 is 2.67 bits per heavy atom. The molecule has 0 atom stereocenters. The first-order chi connectivity index (χ1) is 2.91. The largest absolute Gasteiger partial charge is 0.190 e. The van der Waals surface area contributed by atoms with E-state index in [1.165, 1.54) is 0 Å². The molecule has 2 heteroatoms. The van der Waals surface area contributed by atoms with Gasteiger partial charge in [0, 0.05) is 0 Å². The van der Waals surface area contributed by atoms with Gasteiger partial charge in [0.1, 0.15) is 6.61 Å². The maximum atomic E-state index is 10.6. The summed E-state index contributed by atoms with van der Waals surface area (Å²) >= 11 is 0. The zero-order valence-corrected chi connectivity index (χ0v) is 3.65. The number of halogens is 1. The summed E-state index contributed by atoms with van der Waals surface area (Å²) in [7, 11) is 0. The molecule has 0 rings (SSSR count). The van der Waals surface area contributed by atoms with Crippen molar-refractivity contribution in [1.29, 1.82) is 0 Å². The summed E-state index contributed by atoms with van der Waals surface area (Å²) in [5, 5.41) is 0. The van der Waals surface area contributed by atoms with Crippen molar-refractivity contribution in [2.75, 3.05) is 6.61 Å². The fraction of sp³-hybridized carbons (Fsp3) is 0.500. The van der Waals surface area contributed by atoms with E-state index < -0.39 is 0 Å². The third-order valence-electron chi connectivity index (χ3n) is 0.395. The molecule has 0 saturated heterocycles.